The molecule has 0 bridgehead atoms. The number of carbonyl (C=O) groups excluding carboxylic acids is 1. The van der Waals surface area contributed by atoms with Gasteiger partial charge in [-0.1, -0.05) is 6.07 Å². The lowest BCUT2D eigenvalue weighted by Gasteiger charge is -2.18. The van der Waals surface area contributed by atoms with E-state index in [1.165, 1.54) is 10.6 Å². The molecule has 0 saturated heterocycles. The van der Waals surface area contributed by atoms with E-state index < -0.39 is 0 Å². The molecular formula is C18H17N3O2S. The van der Waals surface area contributed by atoms with Crippen molar-refractivity contribution in [1.29, 1.82) is 0 Å². The van der Waals surface area contributed by atoms with E-state index in [4.69, 9.17) is 0 Å². The Labute approximate surface area is 143 Å². The number of amides is 1. The lowest BCUT2D eigenvalue weighted by molar-refractivity contribution is 0.0935. The summed E-state index contributed by atoms with van der Waals surface area (Å²) >= 11 is 1.62. The maximum atomic E-state index is 12.5. The fourth-order valence-electron chi connectivity index (χ4n) is 2.39. The number of rotatable bonds is 5. The minimum Gasteiger partial charge on any atom is -0.343 e. The predicted molar refractivity (Wildman–Crippen MR) is 94.2 cm³/mol. The Bertz CT molecular complexity index is 873. The predicted octanol–water partition coefficient (Wildman–Crippen LogP) is 2.56. The number of carbonyl (C=O) groups is 1. The first-order valence-electron chi connectivity index (χ1n) is 7.53. The number of aromatic nitrogens is 2. The van der Waals surface area contributed by atoms with E-state index in [2.05, 4.69) is 15.7 Å². The topological polar surface area (TPSA) is 64.0 Å². The average Bonchev–Trinajstić information content (AvgIpc) is 3.10. The lowest BCUT2D eigenvalue weighted by Crippen LogP contribution is -2.31. The highest BCUT2D eigenvalue weighted by molar-refractivity contribution is 7.07. The van der Waals surface area contributed by atoms with Gasteiger partial charge in [0.05, 0.1) is 11.7 Å². The summed E-state index contributed by atoms with van der Waals surface area (Å²) in [4.78, 5) is 28.6. The fourth-order valence-corrected chi connectivity index (χ4v) is 3.07. The summed E-state index contributed by atoms with van der Waals surface area (Å²) in [5.41, 5.74) is 2.07. The standard InChI is InChI=1S/C18H17N3O2S/c1-21-8-5-14(11-17(21)22)18(23)20-16(10-13-6-9-24-12-13)15-4-2-3-7-19-15/h2-9,11-12,16H,10H2,1H3,(H,20,23)/t16-/m1/s1. The first kappa shape index (κ1) is 16.1. The third-order valence-electron chi connectivity index (χ3n) is 3.74. The van der Waals surface area contributed by atoms with Crippen LogP contribution in [-0.2, 0) is 13.5 Å². The molecule has 0 fully saturated rings. The molecule has 0 unspecified atom stereocenters. The first-order chi connectivity index (χ1) is 11.6. The molecule has 1 N–H and O–H groups in total. The number of pyridine rings is 2. The summed E-state index contributed by atoms with van der Waals surface area (Å²) in [6.07, 6.45) is 3.95. The molecule has 122 valence electrons. The van der Waals surface area contributed by atoms with Crippen LogP contribution in [0.4, 0.5) is 0 Å². The van der Waals surface area contributed by atoms with Crippen LogP contribution >= 0.6 is 11.3 Å². The Balaban J connectivity index is 1.84. The first-order valence-corrected chi connectivity index (χ1v) is 8.47. The summed E-state index contributed by atoms with van der Waals surface area (Å²) in [7, 11) is 1.65. The zero-order valence-electron chi connectivity index (χ0n) is 13.2. The Kier molecular flexibility index (Phi) is 4.86. The second-order valence-corrected chi connectivity index (χ2v) is 6.26. The van der Waals surface area contributed by atoms with Crippen molar-refractivity contribution in [2.75, 3.05) is 0 Å². The summed E-state index contributed by atoms with van der Waals surface area (Å²) in [5, 5.41) is 7.05. The van der Waals surface area contributed by atoms with Crippen LogP contribution < -0.4 is 10.9 Å². The molecule has 6 heteroatoms. The molecule has 0 spiro atoms. The Morgan fingerprint density at radius 3 is 2.88 bits per heavy atom. The normalized spacial score (nSPS) is 11.9. The highest BCUT2D eigenvalue weighted by Crippen LogP contribution is 2.19. The van der Waals surface area contributed by atoms with Gasteiger partial charge in [0, 0.05) is 31.1 Å². The molecule has 0 aliphatic heterocycles. The zero-order chi connectivity index (χ0) is 16.9. The molecule has 1 atom stereocenters. The number of nitrogens with zero attached hydrogens (tertiary/aromatic N) is 2. The fraction of sp³-hybridized carbons (Fsp3) is 0.167. The quantitative estimate of drug-likeness (QED) is 0.777. The number of hydrogen-bond acceptors (Lipinski definition) is 4. The third kappa shape index (κ3) is 3.78. The second kappa shape index (κ2) is 7.23. The molecule has 3 heterocycles. The van der Waals surface area contributed by atoms with Gasteiger partial charge in [-0.2, -0.15) is 11.3 Å². The highest BCUT2D eigenvalue weighted by Gasteiger charge is 2.18. The van der Waals surface area contributed by atoms with Gasteiger partial charge in [0.25, 0.3) is 11.5 Å². The van der Waals surface area contributed by atoms with Crippen LogP contribution in [0.15, 0.2) is 64.3 Å². The van der Waals surface area contributed by atoms with Crippen molar-refractivity contribution < 1.29 is 4.79 Å². The maximum absolute atomic E-state index is 12.5. The van der Waals surface area contributed by atoms with E-state index in [0.717, 1.165) is 11.3 Å². The van der Waals surface area contributed by atoms with Gasteiger partial charge in [0.2, 0.25) is 0 Å². The summed E-state index contributed by atoms with van der Waals surface area (Å²) in [6.45, 7) is 0. The molecule has 0 saturated carbocycles. The van der Waals surface area contributed by atoms with E-state index >= 15 is 0 Å². The van der Waals surface area contributed by atoms with Crippen molar-refractivity contribution >= 4 is 17.2 Å². The smallest absolute Gasteiger partial charge is 0.252 e. The minimum absolute atomic E-state index is 0.213. The number of thiophene rings is 1. The number of hydrogen-bond donors (Lipinski definition) is 1. The average molecular weight is 339 g/mol. The number of nitrogens with one attached hydrogen (secondary N) is 1. The van der Waals surface area contributed by atoms with Gasteiger partial charge in [-0.15, -0.1) is 0 Å². The Morgan fingerprint density at radius 2 is 2.21 bits per heavy atom. The van der Waals surface area contributed by atoms with Crippen LogP contribution in [0.5, 0.6) is 0 Å². The molecule has 0 aliphatic rings. The van der Waals surface area contributed by atoms with Crippen molar-refractivity contribution in [2.45, 2.75) is 12.5 Å². The van der Waals surface area contributed by atoms with E-state index in [1.807, 2.05) is 29.6 Å². The maximum Gasteiger partial charge on any atom is 0.252 e. The van der Waals surface area contributed by atoms with Gasteiger partial charge >= 0.3 is 0 Å². The van der Waals surface area contributed by atoms with Crippen LogP contribution in [0.2, 0.25) is 0 Å². The summed E-state index contributed by atoms with van der Waals surface area (Å²) in [5.74, 6) is -0.279. The van der Waals surface area contributed by atoms with Crippen molar-refractivity contribution in [2.24, 2.45) is 7.05 Å². The van der Waals surface area contributed by atoms with Gasteiger partial charge in [-0.25, -0.2) is 0 Å². The minimum atomic E-state index is -0.279. The van der Waals surface area contributed by atoms with Crippen molar-refractivity contribution in [1.82, 2.24) is 14.9 Å². The van der Waals surface area contributed by atoms with Crippen LogP contribution in [0.25, 0.3) is 0 Å². The number of aryl methyl sites for hydroxylation is 1. The second-order valence-electron chi connectivity index (χ2n) is 5.48. The Hall–Kier alpha value is -2.73. The third-order valence-corrected chi connectivity index (χ3v) is 4.47. The lowest BCUT2D eigenvalue weighted by atomic mass is 10.0. The van der Waals surface area contributed by atoms with Gasteiger partial charge in [-0.3, -0.25) is 14.6 Å². The molecule has 1 amide bonds. The highest BCUT2D eigenvalue weighted by atomic mass is 32.1. The van der Waals surface area contributed by atoms with Crippen LogP contribution in [0, 0.1) is 0 Å². The van der Waals surface area contributed by atoms with Gasteiger partial charge in [0.1, 0.15) is 0 Å². The Morgan fingerprint density at radius 1 is 1.33 bits per heavy atom. The van der Waals surface area contributed by atoms with E-state index in [-0.39, 0.29) is 17.5 Å². The van der Waals surface area contributed by atoms with Crippen LogP contribution in [-0.4, -0.2) is 15.5 Å². The summed E-state index contributed by atoms with van der Waals surface area (Å²) in [6, 6.07) is 10.4. The zero-order valence-corrected chi connectivity index (χ0v) is 14.0. The molecule has 3 aromatic rings. The molecule has 0 radical (unpaired) electrons. The van der Waals surface area contributed by atoms with Crippen molar-refractivity contribution in [3.05, 3.63) is 86.7 Å². The van der Waals surface area contributed by atoms with Crippen LogP contribution in [0.3, 0.4) is 0 Å². The van der Waals surface area contributed by atoms with Crippen molar-refractivity contribution in [3.8, 4) is 0 Å². The molecule has 0 aliphatic carbocycles. The van der Waals surface area contributed by atoms with E-state index in [0.29, 0.717) is 12.0 Å². The van der Waals surface area contributed by atoms with Gasteiger partial charge in [0.15, 0.2) is 0 Å². The van der Waals surface area contributed by atoms with Crippen molar-refractivity contribution in [3.63, 3.8) is 0 Å². The van der Waals surface area contributed by atoms with Gasteiger partial charge < -0.3 is 9.88 Å². The molecule has 3 aromatic heterocycles. The van der Waals surface area contributed by atoms with Crippen LogP contribution in [0.1, 0.15) is 27.7 Å². The van der Waals surface area contributed by atoms with E-state index in [1.54, 1.807) is 36.8 Å². The molecule has 0 aromatic carbocycles. The molecule has 5 nitrogen and oxygen atoms in total. The SMILES string of the molecule is Cn1ccc(C(=O)N[C@H](Cc2ccsc2)c2ccccn2)cc1=O. The monoisotopic (exact) mass is 339 g/mol. The van der Waals surface area contributed by atoms with Gasteiger partial charge in [-0.05, 0) is 47.0 Å². The largest absolute Gasteiger partial charge is 0.343 e. The molecular weight excluding hydrogens is 322 g/mol. The summed E-state index contributed by atoms with van der Waals surface area (Å²) < 4.78 is 1.43. The molecule has 3 rings (SSSR count). The molecule has 24 heavy (non-hydrogen) atoms. The van der Waals surface area contributed by atoms with E-state index in [9.17, 15) is 9.59 Å².